The highest BCUT2D eigenvalue weighted by molar-refractivity contribution is 9.10. The van der Waals surface area contributed by atoms with Gasteiger partial charge in [-0.1, -0.05) is 0 Å². The molecule has 0 fully saturated rings. The molecule has 114 valence electrons. The molecule has 0 saturated carbocycles. The fraction of sp³-hybridized carbons (Fsp3) is 0.143. The molecule has 2 heterocycles. The lowest BCUT2D eigenvalue weighted by Crippen LogP contribution is -2.32. The van der Waals surface area contributed by atoms with Crippen molar-refractivity contribution in [3.8, 4) is 11.5 Å². The lowest BCUT2D eigenvalue weighted by Gasteiger charge is -2.06. The molecule has 1 aliphatic rings. The van der Waals surface area contributed by atoms with E-state index >= 15 is 0 Å². The van der Waals surface area contributed by atoms with Crippen LogP contribution in [0.15, 0.2) is 39.4 Å². The molecule has 0 saturated heterocycles. The predicted octanol–water partition coefficient (Wildman–Crippen LogP) is 2.14. The van der Waals surface area contributed by atoms with Gasteiger partial charge in [0.2, 0.25) is 12.7 Å². The number of amides is 2. The van der Waals surface area contributed by atoms with E-state index in [9.17, 15) is 9.59 Å². The fourth-order valence-corrected chi connectivity index (χ4v) is 2.17. The Kier molecular flexibility index (Phi) is 4.01. The topological polar surface area (TPSA) is 89.8 Å². The summed E-state index contributed by atoms with van der Waals surface area (Å²) in [6.07, 6.45) is 0. The Bertz CT molecular complexity index is 728. The first-order chi connectivity index (χ1) is 10.6. The van der Waals surface area contributed by atoms with E-state index in [1.54, 1.807) is 24.3 Å². The Morgan fingerprint density at radius 1 is 1.14 bits per heavy atom. The summed E-state index contributed by atoms with van der Waals surface area (Å²) in [6, 6.07) is 8.16. The van der Waals surface area contributed by atoms with Crippen molar-refractivity contribution in [2.75, 3.05) is 18.7 Å². The van der Waals surface area contributed by atoms with Gasteiger partial charge in [0.25, 0.3) is 5.91 Å². The number of hydrogen-bond donors (Lipinski definition) is 2. The second-order valence-corrected chi connectivity index (χ2v) is 5.18. The van der Waals surface area contributed by atoms with Crippen molar-refractivity contribution in [1.29, 1.82) is 0 Å². The molecule has 0 aliphatic carbocycles. The number of carbonyl (C=O) groups is 2. The highest BCUT2D eigenvalue weighted by Crippen LogP contribution is 2.34. The lowest BCUT2D eigenvalue weighted by atomic mass is 10.3. The fourth-order valence-electron chi connectivity index (χ4n) is 1.86. The average molecular weight is 367 g/mol. The number of halogens is 1. The van der Waals surface area contributed by atoms with Gasteiger partial charge in [-0.25, -0.2) is 0 Å². The zero-order valence-corrected chi connectivity index (χ0v) is 12.8. The molecule has 1 aromatic carbocycles. The molecule has 2 aromatic rings. The summed E-state index contributed by atoms with van der Waals surface area (Å²) in [5.41, 5.74) is 0.559. The number of furan rings is 1. The molecule has 0 radical (unpaired) electrons. The summed E-state index contributed by atoms with van der Waals surface area (Å²) in [5.74, 6) is 0.504. The van der Waals surface area contributed by atoms with E-state index in [0.29, 0.717) is 21.9 Å². The standard InChI is InChI=1S/C14H11BrN2O5/c15-12-4-3-10(22-12)14(19)16-6-13(18)17-8-1-2-9-11(5-8)21-7-20-9/h1-5H,6-7H2,(H,16,19)(H,17,18). The SMILES string of the molecule is O=C(CNC(=O)c1ccc(Br)o1)Nc1ccc2c(c1)OCO2. The Morgan fingerprint density at radius 3 is 2.73 bits per heavy atom. The Labute approximate surface area is 133 Å². The van der Waals surface area contributed by atoms with Gasteiger partial charge < -0.3 is 24.5 Å². The predicted molar refractivity (Wildman–Crippen MR) is 79.9 cm³/mol. The maximum absolute atomic E-state index is 11.8. The minimum absolute atomic E-state index is 0.128. The highest BCUT2D eigenvalue weighted by atomic mass is 79.9. The number of ether oxygens (including phenoxy) is 2. The van der Waals surface area contributed by atoms with Crippen LogP contribution in [0.25, 0.3) is 0 Å². The number of anilines is 1. The van der Waals surface area contributed by atoms with Gasteiger partial charge in [0.15, 0.2) is 21.9 Å². The van der Waals surface area contributed by atoms with Crippen LogP contribution in [0.1, 0.15) is 10.6 Å². The van der Waals surface area contributed by atoms with Gasteiger partial charge in [-0.05, 0) is 40.2 Å². The third kappa shape index (κ3) is 3.22. The maximum atomic E-state index is 11.8. The van der Waals surface area contributed by atoms with Gasteiger partial charge in [-0.15, -0.1) is 0 Å². The highest BCUT2D eigenvalue weighted by Gasteiger charge is 2.15. The molecule has 2 N–H and O–H groups in total. The molecular formula is C14H11BrN2O5. The van der Waals surface area contributed by atoms with Gasteiger partial charge in [0, 0.05) is 11.8 Å². The number of hydrogen-bond acceptors (Lipinski definition) is 5. The zero-order valence-electron chi connectivity index (χ0n) is 11.2. The van der Waals surface area contributed by atoms with Gasteiger partial charge in [-0.3, -0.25) is 9.59 Å². The molecule has 3 rings (SSSR count). The third-order valence-corrected chi connectivity index (χ3v) is 3.29. The Balaban J connectivity index is 1.53. The van der Waals surface area contributed by atoms with Gasteiger partial charge in [0.1, 0.15) is 0 Å². The van der Waals surface area contributed by atoms with E-state index in [1.165, 1.54) is 6.07 Å². The molecule has 2 amide bonds. The van der Waals surface area contributed by atoms with E-state index in [4.69, 9.17) is 13.9 Å². The van der Waals surface area contributed by atoms with E-state index in [1.807, 2.05) is 0 Å². The first-order valence-corrected chi connectivity index (χ1v) is 7.14. The first kappa shape index (κ1) is 14.5. The molecule has 0 bridgehead atoms. The normalized spacial score (nSPS) is 12.0. The van der Waals surface area contributed by atoms with Crippen LogP contribution in [-0.4, -0.2) is 25.2 Å². The second-order valence-electron chi connectivity index (χ2n) is 4.40. The molecule has 1 aliphatic heterocycles. The van der Waals surface area contributed by atoms with Crippen molar-refractivity contribution in [2.45, 2.75) is 0 Å². The number of nitrogens with one attached hydrogen (secondary N) is 2. The van der Waals surface area contributed by atoms with Crippen LogP contribution >= 0.6 is 15.9 Å². The van der Waals surface area contributed by atoms with Crippen LogP contribution in [-0.2, 0) is 4.79 Å². The van der Waals surface area contributed by atoms with Crippen LogP contribution < -0.4 is 20.1 Å². The lowest BCUT2D eigenvalue weighted by molar-refractivity contribution is -0.115. The van der Waals surface area contributed by atoms with E-state index in [0.717, 1.165) is 0 Å². The zero-order chi connectivity index (χ0) is 15.5. The van der Waals surface area contributed by atoms with Crippen molar-refractivity contribution in [3.63, 3.8) is 0 Å². The van der Waals surface area contributed by atoms with Crippen molar-refractivity contribution in [1.82, 2.24) is 5.32 Å². The summed E-state index contributed by atoms with van der Waals surface area (Å²) in [4.78, 5) is 23.5. The minimum Gasteiger partial charge on any atom is -0.454 e. The van der Waals surface area contributed by atoms with Gasteiger partial charge in [-0.2, -0.15) is 0 Å². The van der Waals surface area contributed by atoms with Crippen LogP contribution in [0.5, 0.6) is 11.5 Å². The summed E-state index contributed by atoms with van der Waals surface area (Å²) < 4.78 is 15.9. The average Bonchev–Trinajstić information content (AvgIpc) is 3.13. The van der Waals surface area contributed by atoms with Crippen molar-refractivity contribution in [3.05, 3.63) is 40.8 Å². The monoisotopic (exact) mass is 366 g/mol. The first-order valence-electron chi connectivity index (χ1n) is 6.35. The maximum Gasteiger partial charge on any atom is 0.287 e. The van der Waals surface area contributed by atoms with Crippen LogP contribution in [0.4, 0.5) is 5.69 Å². The second kappa shape index (κ2) is 6.10. The number of carbonyl (C=O) groups excluding carboxylic acids is 2. The van der Waals surface area contributed by atoms with Gasteiger partial charge >= 0.3 is 0 Å². The van der Waals surface area contributed by atoms with Crippen molar-refractivity contribution in [2.24, 2.45) is 0 Å². The molecule has 8 heteroatoms. The largest absolute Gasteiger partial charge is 0.454 e. The van der Waals surface area contributed by atoms with E-state index in [-0.39, 0.29) is 25.0 Å². The third-order valence-electron chi connectivity index (χ3n) is 2.86. The molecule has 0 atom stereocenters. The van der Waals surface area contributed by atoms with Crippen LogP contribution in [0.3, 0.4) is 0 Å². The number of fused-ring (bicyclic) bond motifs is 1. The molecular weight excluding hydrogens is 356 g/mol. The number of rotatable bonds is 4. The van der Waals surface area contributed by atoms with Crippen LogP contribution in [0, 0.1) is 0 Å². The van der Waals surface area contributed by atoms with Crippen molar-refractivity contribution >= 4 is 33.4 Å². The van der Waals surface area contributed by atoms with Crippen molar-refractivity contribution < 1.29 is 23.5 Å². The van der Waals surface area contributed by atoms with E-state index in [2.05, 4.69) is 26.6 Å². The summed E-state index contributed by atoms with van der Waals surface area (Å²) >= 11 is 3.10. The Hall–Kier alpha value is -2.48. The summed E-state index contributed by atoms with van der Waals surface area (Å²) in [6.45, 7) is -0.00685. The summed E-state index contributed by atoms with van der Waals surface area (Å²) in [7, 11) is 0. The quantitative estimate of drug-likeness (QED) is 0.864. The minimum atomic E-state index is -0.466. The molecule has 7 nitrogen and oxygen atoms in total. The molecule has 0 unspecified atom stereocenters. The van der Waals surface area contributed by atoms with Gasteiger partial charge in [0.05, 0.1) is 6.54 Å². The van der Waals surface area contributed by atoms with Crippen LogP contribution in [0.2, 0.25) is 0 Å². The molecule has 0 spiro atoms. The Morgan fingerprint density at radius 2 is 1.95 bits per heavy atom. The smallest absolute Gasteiger partial charge is 0.287 e. The van der Waals surface area contributed by atoms with E-state index < -0.39 is 5.91 Å². The molecule has 22 heavy (non-hydrogen) atoms. The molecule has 1 aromatic heterocycles. The summed E-state index contributed by atoms with van der Waals surface area (Å²) in [5, 5.41) is 5.12. The number of benzene rings is 1.